The molecule has 1 aromatic heterocycles. The van der Waals surface area contributed by atoms with Crippen molar-refractivity contribution in [2.75, 3.05) is 0 Å². The second-order valence-corrected chi connectivity index (χ2v) is 3.21. The van der Waals surface area contributed by atoms with E-state index >= 15 is 0 Å². The van der Waals surface area contributed by atoms with E-state index in [1.807, 2.05) is 0 Å². The van der Waals surface area contributed by atoms with Crippen LogP contribution in [0.2, 0.25) is 0 Å². The molecule has 0 saturated heterocycles. The number of aromatic amines is 1. The molecule has 1 amide bonds. The Bertz CT molecular complexity index is 372. The van der Waals surface area contributed by atoms with Gasteiger partial charge in [-0.25, -0.2) is 4.79 Å². The summed E-state index contributed by atoms with van der Waals surface area (Å²) in [5.74, 6) is -1.52. The summed E-state index contributed by atoms with van der Waals surface area (Å²) >= 11 is 0. The van der Waals surface area contributed by atoms with Crippen molar-refractivity contribution < 1.29 is 14.7 Å². The fraction of sp³-hybridized carbons (Fsp3) is 0.444. The van der Waals surface area contributed by atoms with Crippen LogP contribution in [0.1, 0.15) is 29.5 Å². The third-order valence-corrected chi connectivity index (χ3v) is 1.95. The Balaban J connectivity index is 2.66. The van der Waals surface area contributed by atoms with Gasteiger partial charge in [-0.1, -0.05) is 6.92 Å². The van der Waals surface area contributed by atoms with E-state index in [1.54, 1.807) is 19.9 Å². The molecule has 15 heavy (non-hydrogen) atoms. The Hall–Kier alpha value is -1.85. The molecule has 0 unspecified atom stereocenters. The van der Waals surface area contributed by atoms with Crippen molar-refractivity contribution in [1.29, 1.82) is 0 Å². The highest BCUT2D eigenvalue weighted by atomic mass is 16.4. The molecule has 0 bridgehead atoms. The molecule has 0 radical (unpaired) electrons. The number of hydrogen-bond donors (Lipinski definition) is 3. The molecule has 0 aliphatic rings. The number of rotatable bonds is 4. The van der Waals surface area contributed by atoms with Gasteiger partial charge < -0.3 is 10.4 Å². The van der Waals surface area contributed by atoms with E-state index in [0.29, 0.717) is 6.42 Å². The highest BCUT2D eigenvalue weighted by Gasteiger charge is 2.19. The average molecular weight is 211 g/mol. The lowest BCUT2D eigenvalue weighted by atomic mass is 10.2. The van der Waals surface area contributed by atoms with Gasteiger partial charge >= 0.3 is 5.97 Å². The molecule has 1 atom stereocenters. The van der Waals surface area contributed by atoms with Gasteiger partial charge in [-0.15, -0.1) is 0 Å². The molecule has 0 aliphatic heterocycles. The second kappa shape index (κ2) is 4.59. The van der Waals surface area contributed by atoms with Gasteiger partial charge in [0.15, 0.2) is 0 Å². The Morgan fingerprint density at radius 2 is 2.33 bits per heavy atom. The number of carboxylic acid groups (broad SMARTS) is 1. The number of carbonyl (C=O) groups is 2. The van der Waals surface area contributed by atoms with Crippen LogP contribution in [0.25, 0.3) is 0 Å². The van der Waals surface area contributed by atoms with Crippen LogP contribution in [0.3, 0.4) is 0 Å². The lowest BCUT2D eigenvalue weighted by molar-refractivity contribution is -0.139. The van der Waals surface area contributed by atoms with Crippen LogP contribution < -0.4 is 5.32 Å². The summed E-state index contributed by atoms with van der Waals surface area (Å²) < 4.78 is 0. The zero-order valence-electron chi connectivity index (χ0n) is 8.57. The summed E-state index contributed by atoms with van der Waals surface area (Å²) in [6.07, 6.45) is 0.338. The number of amides is 1. The fourth-order valence-corrected chi connectivity index (χ4v) is 1.10. The standard InChI is InChI=1S/C9H13N3O3/c1-3-6(9(14)15)10-8(13)7-4-5(2)11-12-7/h4,6H,3H2,1-2H3,(H,10,13)(H,11,12)(H,14,15)/t6-/m0/s1. The molecule has 0 spiro atoms. The first kappa shape index (κ1) is 11.2. The molecule has 0 saturated carbocycles. The molecule has 6 heteroatoms. The van der Waals surface area contributed by atoms with Crippen LogP contribution >= 0.6 is 0 Å². The third kappa shape index (κ3) is 2.80. The van der Waals surface area contributed by atoms with Gasteiger partial charge in [0.1, 0.15) is 11.7 Å². The molecule has 1 aromatic rings. The molecule has 82 valence electrons. The van der Waals surface area contributed by atoms with E-state index in [2.05, 4.69) is 15.5 Å². The van der Waals surface area contributed by atoms with Crippen molar-refractivity contribution in [3.05, 3.63) is 17.5 Å². The van der Waals surface area contributed by atoms with Crippen molar-refractivity contribution >= 4 is 11.9 Å². The molecule has 0 aliphatic carbocycles. The fourth-order valence-electron chi connectivity index (χ4n) is 1.10. The number of H-pyrrole nitrogens is 1. The van der Waals surface area contributed by atoms with E-state index in [9.17, 15) is 9.59 Å². The van der Waals surface area contributed by atoms with Gasteiger partial charge in [0.2, 0.25) is 0 Å². The van der Waals surface area contributed by atoms with Crippen LogP contribution in [-0.2, 0) is 4.79 Å². The van der Waals surface area contributed by atoms with Crippen LogP contribution in [0.5, 0.6) is 0 Å². The van der Waals surface area contributed by atoms with Gasteiger partial charge in [0.25, 0.3) is 5.91 Å². The zero-order chi connectivity index (χ0) is 11.4. The normalized spacial score (nSPS) is 12.1. The topological polar surface area (TPSA) is 95.1 Å². The van der Waals surface area contributed by atoms with E-state index in [-0.39, 0.29) is 5.69 Å². The summed E-state index contributed by atoms with van der Waals surface area (Å²) in [5.41, 5.74) is 0.954. The summed E-state index contributed by atoms with van der Waals surface area (Å²) in [6, 6.07) is 0.693. The van der Waals surface area contributed by atoms with Crippen molar-refractivity contribution in [3.8, 4) is 0 Å². The van der Waals surface area contributed by atoms with Gasteiger partial charge in [-0.2, -0.15) is 5.10 Å². The first-order chi connectivity index (χ1) is 7.04. The maximum Gasteiger partial charge on any atom is 0.326 e. The number of hydrogen-bond acceptors (Lipinski definition) is 3. The first-order valence-corrected chi connectivity index (χ1v) is 4.60. The molecular weight excluding hydrogens is 198 g/mol. The Kier molecular flexibility index (Phi) is 3.43. The minimum atomic E-state index is -1.04. The molecule has 1 rings (SSSR count). The predicted octanol–water partition coefficient (Wildman–Crippen LogP) is 0.311. The maximum atomic E-state index is 11.5. The highest BCUT2D eigenvalue weighted by molar-refractivity contribution is 5.94. The van der Waals surface area contributed by atoms with Gasteiger partial charge in [0.05, 0.1) is 0 Å². The van der Waals surface area contributed by atoms with E-state index < -0.39 is 17.9 Å². The molecule has 3 N–H and O–H groups in total. The second-order valence-electron chi connectivity index (χ2n) is 3.21. The van der Waals surface area contributed by atoms with Crippen LogP contribution in [0.15, 0.2) is 6.07 Å². The van der Waals surface area contributed by atoms with Crippen LogP contribution in [0, 0.1) is 6.92 Å². The monoisotopic (exact) mass is 211 g/mol. The lowest BCUT2D eigenvalue weighted by Crippen LogP contribution is -2.40. The smallest absolute Gasteiger partial charge is 0.326 e. The average Bonchev–Trinajstić information content (AvgIpc) is 2.60. The molecule has 1 heterocycles. The number of aryl methyl sites for hydroxylation is 1. The largest absolute Gasteiger partial charge is 0.480 e. The number of aliphatic carboxylic acids is 1. The van der Waals surface area contributed by atoms with Gasteiger partial charge in [-0.05, 0) is 19.4 Å². The highest BCUT2D eigenvalue weighted by Crippen LogP contribution is 1.99. The predicted molar refractivity (Wildman–Crippen MR) is 52.5 cm³/mol. The van der Waals surface area contributed by atoms with Crippen LogP contribution in [-0.4, -0.2) is 33.2 Å². The first-order valence-electron chi connectivity index (χ1n) is 4.60. The van der Waals surface area contributed by atoms with Crippen molar-refractivity contribution in [2.24, 2.45) is 0 Å². The maximum absolute atomic E-state index is 11.5. The molecule has 0 aromatic carbocycles. The van der Waals surface area contributed by atoms with Crippen LogP contribution in [0.4, 0.5) is 0 Å². The number of carboxylic acids is 1. The minimum Gasteiger partial charge on any atom is -0.480 e. The van der Waals surface area contributed by atoms with E-state index in [0.717, 1.165) is 5.69 Å². The Morgan fingerprint density at radius 1 is 1.67 bits per heavy atom. The Labute approximate surface area is 86.7 Å². The third-order valence-electron chi connectivity index (χ3n) is 1.95. The summed E-state index contributed by atoms with van der Waals surface area (Å²) in [6.45, 7) is 3.45. The summed E-state index contributed by atoms with van der Waals surface area (Å²) in [7, 11) is 0. The number of nitrogens with zero attached hydrogens (tertiary/aromatic N) is 1. The van der Waals surface area contributed by atoms with Gasteiger partial charge in [0, 0.05) is 5.69 Å². The minimum absolute atomic E-state index is 0.201. The summed E-state index contributed by atoms with van der Waals surface area (Å²) in [4.78, 5) is 22.1. The number of carbonyl (C=O) groups excluding carboxylic acids is 1. The summed E-state index contributed by atoms with van der Waals surface area (Å²) in [5, 5.41) is 17.5. The van der Waals surface area contributed by atoms with E-state index in [4.69, 9.17) is 5.11 Å². The van der Waals surface area contributed by atoms with Crippen molar-refractivity contribution in [3.63, 3.8) is 0 Å². The quantitative estimate of drug-likeness (QED) is 0.668. The number of aromatic nitrogens is 2. The number of nitrogens with one attached hydrogen (secondary N) is 2. The molecular formula is C9H13N3O3. The Morgan fingerprint density at radius 3 is 2.73 bits per heavy atom. The SMILES string of the molecule is CC[C@H](NC(=O)c1cc(C)[nH]n1)C(=O)O. The van der Waals surface area contributed by atoms with Crippen molar-refractivity contribution in [2.45, 2.75) is 26.3 Å². The van der Waals surface area contributed by atoms with E-state index in [1.165, 1.54) is 0 Å². The van der Waals surface area contributed by atoms with Gasteiger partial charge in [-0.3, -0.25) is 9.89 Å². The lowest BCUT2D eigenvalue weighted by Gasteiger charge is -2.10. The molecule has 6 nitrogen and oxygen atoms in total. The zero-order valence-corrected chi connectivity index (χ0v) is 8.57. The van der Waals surface area contributed by atoms with Crippen molar-refractivity contribution in [1.82, 2.24) is 15.5 Å². The molecule has 0 fully saturated rings.